The van der Waals surface area contributed by atoms with E-state index in [0.29, 0.717) is 38.3 Å². The number of carbonyl (C=O) groups is 1. The maximum atomic E-state index is 14.1. The number of fused-ring (bicyclic) bond motifs is 1. The third-order valence-electron chi connectivity index (χ3n) is 5.90. The highest BCUT2D eigenvalue weighted by atomic mass is 35.5. The fourth-order valence-corrected chi connectivity index (χ4v) is 5.53. The van der Waals surface area contributed by atoms with Crippen LogP contribution < -0.4 is 9.91 Å². The van der Waals surface area contributed by atoms with Crippen molar-refractivity contribution in [2.75, 3.05) is 12.4 Å². The molecule has 0 aliphatic carbocycles. The summed E-state index contributed by atoms with van der Waals surface area (Å²) in [5, 5.41) is 17.9. The molecule has 0 saturated carbocycles. The molecule has 1 N–H and O–H groups in total. The molecule has 2 unspecified atom stereocenters. The van der Waals surface area contributed by atoms with E-state index >= 15 is 0 Å². The number of rotatable bonds is 3. The fourth-order valence-electron chi connectivity index (χ4n) is 4.21. The lowest BCUT2D eigenvalue weighted by molar-refractivity contribution is -0.129. The number of benzene rings is 3. The molecule has 2 atom stereocenters. The van der Waals surface area contributed by atoms with E-state index in [4.69, 9.17) is 51.5 Å². The predicted octanol–water partition coefficient (Wildman–Crippen LogP) is 6.81. The van der Waals surface area contributed by atoms with Gasteiger partial charge in [0.25, 0.3) is 0 Å². The first-order chi connectivity index (χ1) is 16.6. The Bertz CT molecular complexity index is 1530. The molecule has 0 saturated heterocycles. The van der Waals surface area contributed by atoms with E-state index in [1.165, 1.54) is 12.1 Å². The topological polar surface area (TPSA) is 72.2 Å². The van der Waals surface area contributed by atoms with E-state index < -0.39 is 10.6 Å². The minimum absolute atomic E-state index is 0.217. The molecule has 2 heterocycles. The van der Waals surface area contributed by atoms with Crippen molar-refractivity contribution in [1.29, 1.82) is 0 Å². The minimum Gasteiger partial charge on any atom is -0.336 e. The number of quaternary nitrogens is 1. The summed E-state index contributed by atoms with van der Waals surface area (Å²) < 4.78 is 0.992. The highest BCUT2D eigenvalue weighted by molar-refractivity contribution is 6.42. The maximum Gasteiger partial charge on any atom is 0.377 e. The Morgan fingerprint density at radius 1 is 0.914 bits per heavy atom. The Morgan fingerprint density at radius 3 is 2.29 bits per heavy atom. The minimum atomic E-state index is -0.952. The van der Waals surface area contributed by atoms with Crippen LogP contribution in [0.1, 0.15) is 17.2 Å². The second-order valence-corrected chi connectivity index (χ2v) is 10.2. The molecule has 0 fully saturated rings. The largest absolute Gasteiger partial charge is 0.377 e. The summed E-state index contributed by atoms with van der Waals surface area (Å²) in [5.41, 5.74) is 4.27. The van der Waals surface area contributed by atoms with Gasteiger partial charge in [-0.3, -0.25) is 0 Å². The van der Waals surface area contributed by atoms with Crippen molar-refractivity contribution in [3.05, 3.63) is 79.7 Å². The van der Waals surface area contributed by atoms with E-state index in [9.17, 15) is 4.79 Å². The number of aryl methyl sites for hydroxylation is 2. The molecule has 1 aromatic heterocycles. The SMILES string of the molecule is Cc1ccc(Cl)c(NC2=N[N+](C)(c3c(Cl)cc(Cl)cc3Cl)C(=O)C2n2nnc3cc(C)ccc32)c1. The zero-order chi connectivity index (χ0) is 25.1. The first-order valence-electron chi connectivity index (χ1n) is 10.6. The number of anilines is 1. The number of nitrogens with zero attached hydrogens (tertiary/aromatic N) is 5. The number of nitrogens with one attached hydrogen (secondary N) is 1. The van der Waals surface area contributed by atoms with Gasteiger partial charge >= 0.3 is 5.91 Å². The number of carbonyl (C=O) groups excluding carboxylic acids is 1. The summed E-state index contributed by atoms with van der Waals surface area (Å²) in [6, 6.07) is 13.4. The van der Waals surface area contributed by atoms with Gasteiger partial charge in [-0.1, -0.05) is 68.9 Å². The lowest BCUT2D eigenvalue weighted by Crippen LogP contribution is -2.45. The van der Waals surface area contributed by atoms with Crippen LogP contribution in [-0.4, -0.2) is 33.8 Å². The van der Waals surface area contributed by atoms with Crippen LogP contribution in [-0.2, 0) is 4.79 Å². The van der Waals surface area contributed by atoms with Gasteiger partial charge in [0.2, 0.25) is 17.6 Å². The maximum absolute atomic E-state index is 14.1. The van der Waals surface area contributed by atoms with Crippen molar-refractivity contribution in [1.82, 2.24) is 19.6 Å². The van der Waals surface area contributed by atoms with Gasteiger partial charge in [-0.15, -0.1) is 9.69 Å². The number of likely N-dealkylation sites (N-methyl/N-ethyl adjacent to an activating group) is 1. The molecule has 3 aromatic carbocycles. The molecule has 0 spiro atoms. The Balaban J connectivity index is 1.71. The molecular weight excluding hydrogens is 530 g/mol. The number of halogens is 4. The molecule has 1 aliphatic rings. The average molecular weight is 549 g/mol. The van der Waals surface area contributed by atoms with E-state index in [1.54, 1.807) is 17.8 Å². The number of hydrogen-bond acceptors (Lipinski definition) is 5. The lowest BCUT2D eigenvalue weighted by Gasteiger charge is -2.23. The number of hydrogen-bond donors (Lipinski definition) is 1. The zero-order valence-corrected chi connectivity index (χ0v) is 21.9. The summed E-state index contributed by atoms with van der Waals surface area (Å²) in [6.07, 6.45) is 0. The normalized spacial score (nSPS) is 19.9. The summed E-state index contributed by atoms with van der Waals surface area (Å²) in [7, 11) is 1.62. The predicted molar refractivity (Wildman–Crippen MR) is 143 cm³/mol. The highest BCUT2D eigenvalue weighted by Crippen LogP contribution is 2.44. The van der Waals surface area contributed by atoms with Gasteiger partial charge in [0.1, 0.15) is 22.6 Å². The number of amidine groups is 1. The van der Waals surface area contributed by atoms with Gasteiger partial charge in [0, 0.05) is 5.02 Å². The van der Waals surface area contributed by atoms with Gasteiger partial charge in [0.05, 0.1) is 16.2 Å². The van der Waals surface area contributed by atoms with Crippen LogP contribution in [0.3, 0.4) is 0 Å². The van der Waals surface area contributed by atoms with Crippen LogP contribution in [0.4, 0.5) is 11.4 Å². The quantitative estimate of drug-likeness (QED) is 0.285. The van der Waals surface area contributed by atoms with E-state index in [-0.39, 0.29) is 16.0 Å². The summed E-state index contributed by atoms with van der Waals surface area (Å²) >= 11 is 25.6. The van der Waals surface area contributed by atoms with Crippen molar-refractivity contribution in [2.24, 2.45) is 5.10 Å². The van der Waals surface area contributed by atoms with Crippen LogP contribution in [0, 0.1) is 13.8 Å². The van der Waals surface area contributed by atoms with Crippen LogP contribution in [0.25, 0.3) is 11.0 Å². The van der Waals surface area contributed by atoms with Crippen LogP contribution in [0.2, 0.25) is 20.1 Å². The Labute approximate surface area is 221 Å². The molecule has 0 bridgehead atoms. The van der Waals surface area contributed by atoms with Crippen LogP contribution in [0.15, 0.2) is 53.6 Å². The molecule has 7 nitrogen and oxygen atoms in total. The van der Waals surface area contributed by atoms with Crippen LogP contribution in [0.5, 0.6) is 0 Å². The Hall–Kier alpha value is -2.68. The third-order valence-corrected chi connectivity index (χ3v) is 7.03. The molecular formula is C24H19Cl4N6O+. The standard InChI is InChI=1S/C24H19Cl4N6O/c1-12-4-6-15(26)18(8-12)29-23-21(33-20-7-5-13(2)9-19(20)30-32-33)24(35)34(3,31-23)22-16(27)10-14(25)11-17(22)28/h4-11,21H,1-3H3,(H,29,31)/q+1. The third kappa shape index (κ3) is 4.07. The van der Waals surface area contributed by atoms with Gasteiger partial charge in [-0.25, -0.2) is 9.48 Å². The van der Waals surface area contributed by atoms with Gasteiger partial charge in [-0.2, -0.15) is 0 Å². The average Bonchev–Trinajstić information content (AvgIpc) is 3.28. The number of amides is 1. The van der Waals surface area contributed by atoms with Crippen LogP contribution >= 0.6 is 46.4 Å². The van der Waals surface area contributed by atoms with E-state index in [0.717, 1.165) is 11.1 Å². The summed E-state index contributed by atoms with van der Waals surface area (Å²) in [4.78, 5) is 14.1. The molecule has 178 valence electrons. The van der Waals surface area contributed by atoms with Gasteiger partial charge < -0.3 is 5.32 Å². The van der Waals surface area contributed by atoms with Crippen molar-refractivity contribution >= 4 is 80.6 Å². The molecule has 4 aromatic rings. The fraction of sp³-hybridized carbons (Fsp3) is 0.167. The van der Waals surface area contributed by atoms with E-state index in [2.05, 4.69) is 15.6 Å². The smallest absolute Gasteiger partial charge is 0.336 e. The second-order valence-electron chi connectivity index (χ2n) is 8.54. The molecule has 5 rings (SSSR count). The summed E-state index contributed by atoms with van der Waals surface area (Å²) in [6.45, 7) is 3.91. The molecule has 11 heteroatoms. The molecule has 35 heavy (non-hydrogen) atoms. The molecule has 1 aliphatic heterocycles. The zero-order valence-electron chi connectivity index (χ0n) is 18.9. The molecule has 1 amide bonds. The second kappa shape index (κ2) is 8.76. The van der Waals surface area contributed by atoms with Gasteiger partial charge in [-0.05, 0) is 61.4 Å². The van der Waals surface area contributed by atoms with Gasteiger partial charge in [0.15, 0.2) is 0 Å². The number of aromatic nitrogens is 3. The Kier molecular flexibility index (Phi) is 6.02. The highest BCUT2D eigenvalue weighted by Gasteiger charge is 2.54. The monoisotopic (exact) mass is 547 g/mol. The van der Waals surface area contributed by atoms with Crippen molar-refractivity contribution in [3.8, 4) is 0 Å². The first-order valence-corrected chi connectivity index (χ1v) is 12.1. The lowest BCUT2D eigenvalue weighted by atomic mass is 10.1. The van der Waals surface area contributed by atoms with Crippen molar-refractivity contribution < 1.29 is 4.79 Å². The Morgan fingerprint density at radius 2 is 1.57 bits per heavy atom. The van der Waals surface area contributed by atoms with Crippen molar-refractivity contribution in [2.45, 2.75) is 19.9 Å². The molecule has 0 radical (unpaired) electrons. The summed E-state index contributed by atoms with van der Waals surface area (Å²) in [5.74, 6) is -0.0192. The first kappa shape index (κ1) is 24.0. The van der Waals surface area contributed by atoms with E-state index in [1.807, 2.05) is 44.2 Å². The van der Waals surface area contributed by atoms with Crippen molar-refractivity contribution in [3.63, 3.8) is 0 Å².